The normalized spacial score (nSPS) is 10.8. The highest BCUT2D eigenvalue weighted by Gasteiger charge is 2.04. The number of fused-ring (bicyclic) bond motifs is 1. The number of aryl methyl sites for hydroxylation is 1. The summed E-state index contributed by atoms with van der Waals surface area (Å²) in [6.45, 7) is 0. The Kier molecular flexibility index (Phi) is 2.33. The van der Waals surface area contributed by atoms with Crippen LogP contribution in [-0.4, -0.2) is 9.55 Å². The minimum atomic E-state index is -0.0835. The Hall–Kier alpha value is -0.870. The molecule has 0 fully saturated rings. The fourth-order valence-corrected chi connectivity index (χ4v) is 1.97. The fourth-order valence-electron chi connectivity index (χ4n) is 1.30. The topological polar surface area (TPSA) is 34.9 Å². The molecule has 0 amide bonds. The Bertz CT molecular complexity index is 564. The summed E-state index contributed by atoms with van der Waals surface area (Å²) in [6.07, 6.45) is 1.64. The average Bonchev–Trinajstić information content (AvgIpc) is 2.16. The van der Waals surface area contributed by atoms with Gasteiger partial charge in [-0.15, -0.1) is 0 Å². The van der Waals surface area contributed by atoms with Gasteiger partial charge in [-0.05, 0) is 28.1 Å². The molecule has 72 valence electrons. The zero-order valence-corrected chi connectivity index (χ0v) is 9.63. The first-order valence-electron chi connectivity index (χ1n) is 3.90. The highest BCUT2D eigenvalue weighted by atomic mass is 79.9. The lowest BCUT2D eigenvalue weighted by Crippen LogP contribution is -2.17. The van der Waals surface area contributed by atoms with Gasteiger partial charge >= 0.3 is 0 Å². The van der Waals surface area contributed by atoms with E-state index in [4.69, 9.17) is 11.6 Å². The molecule has 14 heavy (non-hydrogen) atoms. The minimum absolute atomic E-state index is 0.0835. The summed E-state index contributed by atoms with van der Waals surface area (Å²) in [5.41, 5.74) is 0.693. The lowest BCUT2D eigenvalue weighted by atomic mass is 10.3. The molecule has 0 saturated heterocycles. The molecule has 0 aliphatic carbocycles. The maximum Gasteiger partial charge on any atom is 0.265 e. The SMILES string of the molecule is Cn1c(=O)c(Br)cc2cnc(Cl)cc21. The van der Waals surface area contributed by atoms with Crippen molar-refractivity contribution in [1.29, 1.82) is 0 Å². The highest BCUT2D eigenvalue weighted by molar-refractivity contribution is 9.10. The largest absolute Gasteiger partial charge is 0.310 e. The maximum absolute atomic E-state index is 11.5. The molecule has 0 aliphatic rings. The molecule has 0 aromatic carbocycles. The van der Waals surface area contributed by atoms with Crippen LogP contribution in [-0.2, 0) is 7.05 Å². The van der Waals surface area contributed by atoms with Gasteiger partial charge in [-0.25, -0.2) is 4.98 Å². The van der Waals surface area contributed by atoms with Gasteiger partial charge in [-0.3, -0.25) is 4.79 Å². The predicted octanol–water partition coefficient (Wildman–Crippen LogP) is 2.35. The first kappa shape index (κ1) is 9.68. The zero-order chi connectivity index (χ0) is 10.3. The molecule has 2 rings (SSSR count). The second-order valence-corrected chi connectivity index (χ2v) is 4.16. The van der Waals surface area contributed by atoms with Crippen LogP contribution in [0, 0.1) is 0 Å². The molecule has 2 aromatic heterocycles. The smallest absolute Gasteiger partial charge is 0.265 e. The Labute approximate surface area is 93.5 Å². The van der Waals surface area contributed by atoms with Crippen molar-refractivity contribution in [2.45, 2.75) is 0 Å². The summed E-state index contributed by atoms with van der Waals surface area (Å²) in [7, 11) is 1.70. The number of rotatable bonds is 0. The number of nitrogens with zero attached hydrogens (tertiary/aromatic N) is 2. The summed E-state index contributed by atoms with van der Waals surface area (Å²) in [6, 6.07) is 3.41. The molecule has 0 radical (unpaired) electrons. The van der Waals surface area contributed by atoms with Crippen LogP contribution in [0.2, 0.25) is 5.15 Å². The van der Waals surface area contributed by atoms with Crippen LogP contribution in [0.25, 0.3) is 10.9 Å². The van der Waals surface area contributed by atoms with Crippen molar-refractivity contribution in [2.75, 3.05) is 0 Å². The summed E-state index contributed by atoms with van der Waals surface area (Å²) in [5.74, 6) is 0. The Morgan fingerprint density at radius 1 is 1.50 bits per heavy atom. The average molecular weight is 274 g/mol. The van der Waals surface area contributed by atoms with Crippen molar-refractivity contribution in [3.63, 3.8) is 0 Å². The van der Waals surface area contributed by atoms with E-state index in [1.807, 2.05) is 0 Å². The van der Waals surface area contributed by atoms with Crippen molar-refractivity contribution < 1.29 is 0 Å². The maximum atomic E-state index is 11.5. The Balaban J connectivity index is 2.99. The third kappa shape index (κ3) is 1.44. The van der Waals surface area contributed by atoms with Crippen molar-refractivity contribution in [1.82, 2.24) is 9.55 Å². The van der Waals surface area contributed by atoms with E-state index in [9.17, 15) is 4.79 Å². The quantitative estimate of drug-likeness (QED) is 0.691. The Morgan fingerprint density at radius 3 is 2.93 bits per heavy atom. The van der Waals surface area contributed by atoms with Gasteiger partial charge in [0.05, 0.1) is 9.99 Å². The molecule has 5 heteroatoms. The van der Waals surface area contributed by atoms with Crippen molar-refractivity contribution in [3.05, 3.63) is 38.3 Å². The van der Waals surface area contributed by atoms with E-state index in [0.717, 1.165) is 10.9 Å². The number of aromatic nitrogens is 2. The number of hydrogen-bond donors (Lipinski definition) is 0. The molecule has 0 aliphatic heterocycles. The molecule has 2 aromatic rings. The third-order valence-electron chi connectivity index (χ3n) is 2.03. The van der Waals surface area contributed by atoms with Crippen LogP contribution in [0.1, 0.15) is 0 Å². The number of hydrogen-bond acceptors (Lipinski definition) is 2. The van der Waals surface area contributed by atoms with E-state index < -0.39 is 0 Å². The van der Waals surface area contributed by atoms with Gasteiger partial charge < -0.3 is 4.57 Å². The monoisotopic (exact) mass is 272 g/mol. The van der Waals surface area contributed by atoms with Crippen molar-refractivity contribution >= 4 is 38.4 Å². The molecule has 0 atom stereocenters. The van der Waals surface area contributed by atoms with Crippen LogP contribution < -0.4 is 5.56 Å². The third-order valence-corrected chi connectivity index (χ3v) is 2.81. The summed E-state index contributed by atoms with van der Waals surface area (Å²) in [5, 5.41) is 1.26. The lowest BCUT2D eigenvalue weighted by molar-refractivity contribution is 0.898. The first-order valence-corrected chi connectivity index (χ1v) is 5.07. The van der Waals surface area contributed by atoms with Gasteiger partial charge in [0.1, 0.15) is 5.15 Å². The van der Waals surface area contributed by atoms with Crippen LogP contribution in [0.15, 0.2) is 27.6 Å². The van der Waals surface area contributed by atoms with E-state index in [-0.39, 0.29) is 5.56 Å². The second kappa shape index (κ2) is 3.37. The zero-order valence-electron chi connectivity index (χ0n) is 7.29. The number of pyridine rings is 2. The summed E-state index contributed by atoms with van der Waals surface area (Å²) >= 11 is 8.94. The Morgan fingerprint density at radius 2 is 2.21 bits per heavy atom. The van der Waals surface area contributed by atoms with Gasteiger partial charge in [0, 0.05) is 18.6 Å². The summed E-state index contributed by atoms with van der Waals surface area (Å²) < 4.78 is 2.06. The van der Waals surface area contributed by atoms with Gasteiger partial charge in [0.15, 0.2) is 0 Å². The van der Waals surface area contributed by atoms with E-state index >= 15 is 0 Å². The molecule has 0 bridgehead atoms. The molecular formula is C9H6BrClN2O. The van der Waals surface area contributed by atoms with Crippen LogP contribution >= 0.6 is 27.5 Å². The van der Waals surface area contributed by atoms with Crippen LogP contribution in [0.4, 0.5) is 0 Å². The van der Waals surface area contributed by atoms with Gasteiger partial charge in [0.25, 0.3) is 5.56 Å². The van der Waals surface area contributed by atoms with Crippen molar-refractivity contribution in [2.24, 2.45) is 7.05 Å². The van der Waals surface area contributed by atoms with E-state index in [0.29, 0.717) is 9.63 Å². The predicted molar refractivity (Wildman–Crippen MR) is 59.7 cm³/mol. The standard InChI is InChI=1S/C9H6BrClN2O/c1-13-7-3-8(11)12-4-5(7)2-6(10)9(13)14/h2-4H,1H3. The van der Waals surface area contributed by atoms with Gasteiger partial charge in [-0.1, -0.05) is 11.6 Å². The first-order chi connectivity index (χ1) is 6.59. The highest BCUT2D eigenvalue weighted by Crippen LogP contribution is 2.17. The molecular weight excluding hydrogens is 267 g/mol. The molecule has 0 unspecified atom stereocenters. The molecule has 2 heterocycles. The molecule has 0 saturated carbocycles. The molecule has 3 nitrogen and oxygen atoms in total. The van der Waals surface area contributed by atoms with E-state index in [2.05, 4.69) is 20.9 Å². The van der Waals surface area contributed by atoms with E-state index in [1.54, 1.807) is 25.4 Å². The lowest BCUT2D eigenvalue weighted by Gasteiger charge is -2.04. The van der Waals surface area contributed by atoms with Gasteiger partial charge in [-0.2, -0.15) is 0 Å². The summed E-state index contributed by atoms with van der Waals surface area (Å²) in [4.78, 5) is 15.5. The fraction of sp³-hybridized carbons (Fsp3) is 0.111. The second-order valence-electron chi connectivity index (χ2n) is 2.92. The van der Waals surface area contributed by atoms with Gasteiger partial charge in [0.2, 0.25) is 0 Å². The van der Waals surface area contributed by atoms with Crippen LogP contribution in [0.5, 0.6) is 0 Å². The minimum Gasteiger partial charge on any atom is -0.310 e. The van der Waals surface area contributed by atoms with Crippen molar-refractivity contribution in [3.8, 4) is 0 Å². The van der Waals surface area contributed by atoms with E-state index in [1.165, 1.54) is 4.57 Å². The van der Waals surface area contributed by atoms with Crippen LogP contribution in [0.3, 0.4) is 0 Å². The molecule has 0 spiro atoms. The molecule has 0 N–H and O–H groups in total. The number of halogens is 2.